The van der Waals surface area contributed by atoms with Crippen LogP contribution >= 0.6 is 0 Å². The van der Waals surface area contributed by atoms with Crippen molar-refractivity contribution in [3.05, 3.63) is 60.6 Å². The van der Waals surface area contributed by atoms with Crippen molar-refractivity contribution in [3.8, 4) is 0 Å². The molecule has 10 heteroatoms. The molecule has 0 spiro atoms. The number of ether oxygens (including phenoxy) is 1. The Morgan fingerprint density at radius 3 is 2.89 bits per heavy atom. The predicted molar refractivity (Wildman–Crippen MR) is 146 cm³/mol. The first-order chi connectivity index (χ1) is 18.4. The minimum atomic E-state index is -0.263. The molecule has 198 valence electrons. The molecule has 2 atom stereocenters. The highest BCUT2D eigenvalue weighted by Gasteiger charge is 2.28. The Morgan fingerprint density at radius 2 is 2.13 bits per heavy atom. The first kappa shape index (κ1) is 25.6. The molecule has 10 nitrogen and oxygen atoms in total. The molecule has 38 heavy (non-hydrogen) atoms. The van der Waals surface area contributed by atoms with Gasteiger partial charge in [-0.25, -0.2) is 4.98 Å². The number of nitrogens with zero attached hydrogens (tertiary/aromatic N) is 6. The van der Waals surface area contributed by atoms with Gasteiger partial charge in [0, 0.05) is 43.0 Å². The van der Waals surface area contributed by atoms with Gasteiger partial charge in [0.25, 0.3) is 5.91 Å². The monoisotopic (exact) mass is 515 g/mol. The summed E-state index contributed by atoms with van der Waals surface area (Å²) in [6.45, 7) is 9.31. The van der Waals surface area contributed by atoms with Gasteiger partial charge in [-0.3, -0.25) is 24.6 Å². The fraction of sp³-hybridized carbons (Fsp3) is 0.393. The summed E-state index contributed by atoms with van der Waals surface area (Å²) in [6, 6.07) is 7.30. The molecule has 1 aromatic carbocycles. The number of pyridine rings is 1. The number of imidazole rings is 1. The Hall–Kier alpha value is -4.05. The van der Waals surface area contributed by atoms with Crippen molar-refractivity contribution in [2.24, 2.45) is 0 Å². The van der Waals surface area contributed by atoms with Crippen LogP contribution in [0.3, 0.4) is 0 Å². The lowest BCUT2D eigenvalue weighted by Crippen LogP contribution is -2.34. The lowest BCUT2D eigenvalue weighted by Gasteiger charge is -2.26. The van der Waals surface area contributed by atoms with Gasteiger partial charge in [0.2, 0.25) is 11.9 Å². The number of methoxy groups -OCH3 is 1. The predicted octanol–water partition coefficient (Wildman–Crippen LogP) is 4.12. The maximum Gasteiger partial charge on any atom is 0.258 e. The van der Waals surface area contributed by atoms with E-state index in [1.165, 1.54) is 6.08 Å². The number of likely N-dealkylation sites (tertiary alicyclic amines) is 1. The molecule has 4 heterocycles. The second kappa shape index (κ2) is 10.7. The first-order valence-electron chi connectivity index (χ1n) is 12.9. The lowest BCUT2D eigenvalue weighted by atomic mass is 10.1. The van der Waals surface area contributed by atoms with E-state index in [0.717, 1.165) is 46.9 Å². The Kier molecular flexibility index (Phi) is 7.24. The van der Waals surface area contributed by atoms with Crippen LogP contribution in [0.15, 0.2) is 49.3 Å². The molecule has 1 fully saturated rings. The van der Waals surface area contributed by atoms with E-state index in [4.69, 9.17) is 9.72 Å². The fourth-order valence-electron chi connectivity index (χ4n) is 5.17. The van der Waals surface area contributed by atoms with E-state index in [9.17, 15) is 9.59 Å². The maximum absolute atomic E-state index is 13.3. The van der Waals surface area contributed by atoms with Crippen molar-refractivity contribution in [1.82, 2.24) is 29.2 Å². The van der Waals surface area contributed by atoms with Crippen molar-refractivity contribution in [2.45, 2.75) is 51.8 Å². The summed E-state index contributed by atoms with van der Waals surface area (Å²) < 4.78 is 9.48. The first-order valence-corrected chi connectivity index (χ1v) is 12.9. The molecule has 2 amide bonds. The summed E-state index contributed by atoms with van der Waals surface area (Å²) in [5, 5.41) is 8.63. The van der Waals surface area contributed by atoms with Crippen LogP contribution in [0.25, 0.3) is 21.9 Å². The molecule has 3 aromatic heterocycles. The highest BCUT2D eigenvalue weighted by atomic mass is 16.5. The van der Waals surface area contributed by atoms with Gasteiger partial charge in [0.05, 0.1) is 41.4 Å². The van der Waals surface area contributed by atoms with Gasteiger partial charge in [0.15, 0.2) is 0 Å². The number of benzene rings is 1. The van der Waals surface area contributed by atoms with Crippen molar-refractivity contribution in [3.63, 3.8) is 0 Å². The molecule has 4 aromatic rings. The summed E-state index contributed by atoms with van der Waals surface area (Å²) in [4.78, 5) is 36.8. The number of hydrogen-bond acceptors (Lipinski definition) is 6. The van der Waals surface area contributed by atoms with E-state index >= 15 is 0 Å². The van der Waals surface area contributed by atoms with E-state index in [0.29, 0.717) is 31.1 Å². The zero-order valence-corrected chi connectivity index (χ0v) is 22.1. The van der Waals surface area contributed by atoms with Gasteiger partial charge in [-0.2, -0.15) is 5.10 Å². The van der Waals surface area contributed by atoms with Gasteiger partial charge in [-0.1, -0.05) is 6.58 Å². The van der Waals surface area contributed by atoms with Crippen molar-refractivity contribution in [1.29, 1.82) is 0 Å². The molecule has 5 rings (SSSR count). The molecule has 0 radical (unpaired) electrons. The number of anilines is 1. The molecule has 0 bridgehead atoms. The number of aryl methyl sites for hydroxylation is 1. The maximum atomic E-state index is 13.3. The Labute approximate surface area is 221 Å². The van der Waals surface area contributed by atoms with Crippen molar-refractivity contribution < 1.29 is 14.3 Å². The van der Waals surface area contributed by atoms with Crippen molar-refractivity contribution in [2.75, 3.05) is 25.5 Å². The number of amides is 2. The van der Waals surface area contributed by atoms with Crippen LogP contribution in [0.4, 0.5) is 5.95 Å². The number of carbonyl (C=O) groups is 2. The summed E-state index contributed by atoms with van der Waals surface area (Å²) in [7, 11) is 1.69. The number of aromatic nitrogens is 5. The molecule has 0 aliphatic carbocycles. The summed E-state index contributed by atoms with van der Waals surface area (Å²) >= 11 is 0. The van der Waals surface area contributed by atoms with Crippen LogP contribution in [-0.4, -0.2) is 67.3 Å². The Bertz CT molecular complexity index is 1510. The van der Waals surface area contributed by atoms with E-state index < -0.39 is 0 Å². The molecular formula is C28H33N7O3. The van der Waals surface area contributed by atoms with Crippen LogP contribution in [0.1, 0.15) is 48.3 Å². The number of carbonyl (C=O) groups excluding carboxylic acids is 2. The summed E-state index contributed by atoms with van der Waals surface area (Å²) in [5.74, 6) is 0.0918. The van der Waals surface area contributed by atoms with E-state index in [1.54, 1.807) is 25.4 Å². The molecular weight excluding hydrogens is 482 g/mol. The van der Waals surface area contributed by atoms with E-state index in [2.05, 4.69) is 26.5 Å². The topological polar surface area (TPSA) is 107 Å². The van der Waals surface area contributed by atoms with Crippen LogP contribution < -0.4 is 5.32 Å². The summed E-state index contributed by atoms with van der Waals surface area (Å²) in [5.41, 5.74) is 3.86. The fourth-order valence-corrected chi connectivity index (χ4v) is 5.17. The number of hydrogen-bond donors (Lipinski definition) is 1. The van der Waals surface area contributed by atoms with Crippen LogP contribution in [0, 0.1) is 6.92 Å². The molecule has 1 N–H and O–H groups in total. The molecule has 1 aliphatic rings. The largest absolute Gasteiger partial charge is 0.380 e. The van der Waals surface area contributed by atoms with Gasteiger partial charge >= 0.3 is 0 Å². The van der Waals surface area contributed by atoms with Gasteiger partial charge in [-0.15, -0.1) is 0 Å². The minimum Gasteiger partial charge on any atom is -0.380 e. The SMILES string of the molecule is C=CC(=O)N1CCCC[C@@H](n2c(NC(=O)c3ccnc(C)c3)nc3ccc4c(cnn4C[C@@H](C)OC)c32)C1. The van der Waals surface area contributed by atoms with Crippen LogP contribution in [0.5, 0.6) is 0 Å². The molecule has 1 aliphatic heterocycles. The smallest absolute Gasteiger partial charge is 0.258 e. The third kappa shape index (κ3) is 4.91. The number of nitrogens with one attached hydrogen (secondary N) is 1. The highest BCUT2D eigenvalue weighted by molar-refractivity contribution is 6.07. The van der Waals surface area contributed by atoms with Gasteiger partial charge in [-0.05, 0) is 63.5 Å². The average molecular weight is 516 g/mol. The van der Waals surface area contributed by atoms with E-state index in [1.807, 2.05) is 41.8 Å². The number of fused-ring (bicyclic) bond motifs is 3. The van der Waals surface area contributed by atoms with Gasteiger partial charge in [0.1, 0.15) is 0 Å². The zero-order valence-electron chi connectivity index (χ0n) is 22.1. The zero-order chi connectivity index (χ0) is 26.8. The standard InChI is InChI=1S/C28H33N7O3/c1-5-25(36)33-13-7-6-8-21(17-33)35-26-22-15-30-34(16-19(3)38-4)24(22)10-9-23(26)31-28(35)32-27(37)20-11-12-29-18(2)14-20/h5,9-12,14-15,19,21H,1,6-8,13,16-17H2,2-4H3,(H,31,32,37)/t19-,21-/m1/s1. The normalized spacial score (nSPS) is 16.9. The second-order valence-corrected chi connectivity index (χ2v) is 9.82. The molecule has 1 saturated heterocycles. The Morgan fingerprint density at radius 1 is 1.29 bits per heavy atom. The number of rotatable bonds is 7. The van der Waals surface area contributed by atoms with Gasteiger partial charge < -0.3 is 14.2 Å². The Balaban J connectivity index is 1.65. The third-order valence-electron chi connectivity index (χ3n) is 7.19. The lowest BCUT2D eigenvalue weighted by molar-refractivity contribution is -0.126. The minimum absolute atomic E-state index is 0.00212. The summed E-state index contributed by atoms with van der Waals surface area (Å²) in [6.07, 6.45) is 7.52. The highest BCUT2D eigenvalue weighted by Crippen LogP contribution is 2.34. The van der Waals surface area contributed by atoms with Crippen LogP contribution in [0.2, 0.25) is 0 Å². The quantitative estimate of drug-likeness (QED) is 0.371. The second-order valence-electron chi connectivity index (χ2n) is 9.82. The molecule has 0 saturated carbocycles. The van der Waals surface area contributed by atoms with Crippen molar-refractivity contribution >= 4 is 39.7 Å². The van der Waals surface area contributed by atoms with Crippen LogP contribution in [-0.2, 0) is 16.1 Å². The molecule has 0 unspecified atom stereocenters. The average Bonchev–Trinajstić information content (AvgIpc) is 3.39. The third-order valence-corrected chi connectivity index (χ3v) is 7.19. The van der Waals surface area contributed by atoms with E-state index in [-0.39, 0.29) is 24.0 Å².